The minimum Gasteiger partial charge on any atom is -0.465 e. The number of aromatic nitrogens is 1. The van der Waals surface area contributed by atoms with Crippen LogP contribution in [-0.2, 0) is 10.6 Å². The third-order valence-electron chi connectivity index (χ3n) is 2.53. The third-order valence-corrected chi connectivity index (χ3v) is 2.78. The van der Waals surface area contributed by atoms with Crippen LogP contribution < -0.4 is 4.74 Å². The molecule has 96 valence electrons. The summed E-state index contributed by atoms with van der Waals surface area (Å²) in [4.78, 5) is 4.19. The Morgan fingerprint density at radius 2 is 2.24 bits per heavy atom. The summed E-state index contributed by atoms with van der Waals surface area (Å²) in [5, 5.41) is 0. The lowest BCUT2D eigenvalue weighted by Crippen LogP contribution is -2.17. The number of hydrogen-bond donors (Lipinski definition) is 0. The SMILES string of the molecule is CCCCOC(C)Oc1ccnc(CCl)c1C. The maximum Gasteiger partial charge on any atom is 0.196 e. The first-order chi connectivity index (χ1) is 8.19. The van der Waals surface area contributed by atoms with E-state index in [9.17, 15) is 0 Å². The van der Waals surface area contributed by atoms with Crippen LogP contribution in [0.25, 0.3) is 0 Å². The number of unbranched alkanes of at least 4 members (excludes halogenated alkanes) is 1. The van der Waals surface area contributed by atoms with Gasteiger partial charge in [0.15, 0.2) is 6.29 Å². The van der Waals surface area contributed by atoms with E-state index in [1.165, 1.54) is 0 Å². The number of hydrogen-bond acceptors (Lipinski definition) is 3. The molecule has 0 aliphatic heterocycles. The van der Waals surface area contributed by atoms with Gasteiger partial charge in [0, 0.05) is 11.8 Å². The van der Waals surface area contributed by atoms with Crippen LogP contribution >= 0.6 is 11.6 Å². The molecule has 0 saturated carbocycles. The molecule has 0 saturated heterocycles. The minimum atomic E-state index is -0.245. The number of alkyl halides is 1. The minimum absolute atomic E-state index is 0.245. The van der Waals surface area contributed by atoms with Gasteiger partial charge in [-0.25, -0.2) is 0 Å². The molecule has 0 fully saturated rings. The molecule has 17 heavy (non-hydrogen) atoms. The smallest absolute Gasteiger partial charge is 0.196 e. The number of ether oxygens (including phenoxy) is 2. The molecular formula is C13H20ClNO2. The van der Waals surface area contributed by atoms with Crippen molar-refractivity contribution in [3.8, 4) is 5.75 Å². The molecule has 1 rings (SSSR count). The van der Waals surface area contributed by atoms with E-state index in [1.54, 1.807) is 6.20 Å². The van der Waals surface area contributed by atoms with Gasteiger partial charge in [0.1, 0.15) is 5.75 Å². The maximum absolute atomic E-state index is 5.79. The molecule has 1 aromatic heterocycles. The molecule has 0 radical (unpaired) electrons. The number of nitrogens with zero attached hydrogens (tertiary/aromatic N) is 1. The van der Waals surface area contributed by atoms with Crippen LogP contribution in [-0.4, -0.2) is 17.9 Å². The summed E-state index contributed by atoms with van der Waals surface area (Å²) in [6.45, 7) is 6.72. The van der Waals surface area contributed by atoms with Crippen molar-refractivity contribution in [3.05, 3.63) is 23.5 Å². The fourth-order valence-corrected chi connectivity index (χ4v) is 1.70. The predicted molar refractivity (Wildman–Crippen MR) is 69.5 cm³/mol. The molecule has 4 heteroatoms. The molecule has 0 bridgehead atoms. The van der Waals surface area contributed by atoms with Gasteiger partial charge in [-0.1, -0.05) is 13.3 Å². The van der Waals surface area contributed by atoms with Gasteiger partial charge in [0.2, 0.25) is 0 Å². The second kappa shape index (κ2) is 7.51. The highest BCUT2D eigenvalue weighted by atomic mass is 35.5. The second-order valence-corrected chi connectivity index (χ2v) is 4.19. The maximum atomic E-state index is 5.79. The van der Waals surface area contributed by atoms with E-state index < -0.39 is 0 Å². The zero-order valence-corrected chi connectivity index (χ0v) is 11.5. The van der Waals surface area contributed by atoms with Crippen LogP contribution in [0, 0.1) is 6.92 Å². The van der Waals surface area contributed by atoms with Crippen molar-refractivity contribution in [2.24, 2.45) is 0 Å². The van der Waals surface area contributed by atoms with E-state index in [-0.39, 0.29) is 6.29 Å². The highest BCUT2D eigenvalue weighted by Gasteiger charge is 2.09. The van der Waals surface area contributed by atoms with Gasteiger partial charge in [0.25, 0.3) is 0 Å². The zero-order chi connectivity index (χ0) is 12.7. The quantitative estimate of drug-likeness (QED) is 0.424. The lowest BCUT2D eigenvalue weighted by atomic mass is 10.2. The molecule has 0 spiro atoms. The lowest BCUT2D eigenvalue weighted by molar-refractivity contribution is -0.0677. The van der Waals surface area contributed by atoms with Crippen molar-refractivity contribution >= 4 is 11.6 Å². The van der Waals surface area contributed by atoms with E-state index in [0.29, 0.717) is 5.88 Å². The van der Waals surface area contributed by atoms with Gasteiger partial charge < -0.3 is 9.47 Å². The van der Waals surface area contributed by atoms with Gasteiger partial charge in [-0.3, -0.25) is 4.98 Å². The van der Waals surface area contributed by atoms with Crippen molar-refractivity contribution in [1.29, 1.82) is 0 Å². The average molecular weight is 258 g/mol. The lowest BCUT2D eigenvalue weighted by Gasteiger charge is -2.17. The first-order valence-electron chi connectivity index (χ1n) is 5.97. The standard InChI is InChI=1S/C13H20ClNO2/c1-4-5-8-16-11(3)17-13-6-7-15-12(9-14)10(13)2/h6-7,11H,4-5,8-9H2,1-3H3. The summed E-state index contributed by atoms with van der Waals surface area (Å²) >= 11 is 5.79. The Labute approximate surface area is 108 Å². The Morgan fingerprint density at radius 1 is 1.47 bits per heavy atom. The molecule has 1 heterocycles. The molecule has 0 aliphatic carbocycles. The van der Waals surface area contributed by atoms with Crippen molar-refractivity contribution in [2.75, 3.05) is 6.61 Å². The summed E-state index contributed by atoms with van der Waals surface area (Å²) in [6.07, 6.45) is 3.64. The normalized spacial score (nSPS) is 12.5. The van der Waals surface area contributed by atoms with Crippen molar-refractivity contribution < 1.29 is 9.47 Å². The Bertz CT molecular complexity index is 344. The summed E-state index contributed by atoms with van der Waals surface area (Å²) in [7, 11) is 0. The Hall–Kier alpha value is -0.800. The van der Waals surface area contributed by atoms with Gasteiger partial charge in [-0.2, -0.15) is 0 Å². The van der Waals surface area contributed by atoms with Gasteiger partial charge >= 0.3 is 0 Å². The van der Waals surface area contributed by atoms with Crippen LogP contribution in [0.1, 0.15) is 37.9 Å². The molecule has 0 aliphatic rings. The van der Waals surface area contributed by atoms with Crippen LogP contribution in [0.5, 0.6) is 5.75 Å². The Kier molecular flexibility index (Phi) is 6.30. The summed E-state index contributed by atoms with van der Waals surface area (Å²) in [5.41, 5.74) is 1.83. The fourth-order valence-electron chi connectivity index (χ4n) is 1.43. The summed E-state index contributed by atoms with van der Waals surface area (Å²) in [5.74, 6) is 1.19. The van der Waals surface area contributed by atoms with E-state index in [0.717, 1.165) is 36.5 Å². The highest BCUT2D eigenvalue weighted by molar-refractivity contribution is 6.17. The van der Waals surface area contributed by atoms with Gasteiger partial charge in [-0.15, -0.1) is 11.6 Å². The monoisotopic (exact) mass is 257 g/mol. The average Bonchev–Trinajstić information content (AvgIpc) is 2.32. The zero-order valence-electron chi connectivity index (χ0n) is 10.7. The topological polar surface area (TPSA) is 31.4 Å². The second-order valence-electron chi connectivity index (χ2n) is 3.92. The molecule has 1 unspecified atom stereocenters. The highest BCUT2D eigenvalue weighted by Crippen LogP contribution is 2.21. The van der Waals surface area contributed by atoms with E-state index in [4.69, 9.17) is 21.1 Å². The van der Waals surface area contributed by atoms with Crippen LogP contribution in [0.4, 0.5) is 0 Å². The number of halogens is 1. The fraction of sp³-hybridized carbons (Fsp3) is 0.615. The van der Waals surface area contributed by atoms with Gasteiger partial charge in [-0.05, 0) is 26.3 Å². The molecule has 1 atom stereocenters. The van der Waals surface area contributed by atoms with Crippen molar-refractivity contribution in [1.82, 2.24) is 4.98 Å². The first kappa shape index (κ1) is 14.3. The molecular weight excluding hydrogens is 238 g/mol. The largest absolute Gasteiger partial charge is 0.465 e. The predicted octanol–water partition coefficient (Wildman–Crippen LogP) is 3.67. The third kappa shape index (κ3) is 4.52. The molecule has 0 aromatic carbocycles. The number of rotatable bonds is 7. The van der Waals surface area contributed by atoms with Crippen molar-refractivity contribution in [2.45, 2.75) is 45.8 Å². The Morgan fingerprint density at radius 3 is 2.88 bits per heavy atom. The van der Waals surface area contributed by atoms with E-state index in [2.05, 4.69) is 11.9 Å². The number of pyridine rings is 1. The Balaban J connectivity index is 2.55. The van der Waals surface area contributed by atoms with Gasteiger partial charge in [0.05, 0.1) is 18.2 Å². The molecule has 3 nitrogen and oxygen atoms in total. The van der Waals surface area contributed by atoms with Crippen LogP contribution in [0.3, 0.4) is 0 Å². The van der Waals surface area contributed by atoms with Crippen LogP contribution in [0.2, 0.25) is 0 Å². The molecule has 0 amide bonds. The van der Waals surface area contributed by atoms with Crippen LogP contribution in [0.15, 0.2) is 12.3 Å². The first-order valence-corrected chi connectivity index (χ1v) is 6.51. The molecule has 1 aromatic rings. The molecule has 0 N–H and O–H groups in total. The van der Waals surface area contributed by atoms with E-state index in [1.807, 2.05) is 19.9 Å². The van der Waals surface area contributed by atoms with E-state index >= 15 is 0 Å². The summed E-state index contributed by atoms with van der Waals surface area (Å²) in [6, 6.07) is 1.84. The summed E-state index contributed by atoms with van der Waals surface area (Å²) < 4.78 is 11.3. The van der Waals surface area contributed by atoms with Crippen molar-refractivity contribution in [3.63, 3.8) is 0 Å².